The van der Waals surface area contributed by atoms with Gasteiger partial charge < -0.3 is 33.2 Å². The van der Waals surface area contributed by atoms with E-state index in [1.807, 2.05) is 0 Å². The van der Waals surface area contributed by atoms with Crippen molar-refractivity contribution in [3.05, 3.63) is 25.7 Å². The van der Waals surface area contributed by atoms with Crippen LogP contribution in [0.1, 0.15) is 148 Å². The molecule has 52 heavy (non-hydrogen) atoms. The Balaban J connectivity index is 1.38. The van der Waals surface area contributed by atoms with E-state index >= 15 is 0 Å². The lowest BCUT2D eigenvalue weighted by Crippen LogP contribution is -2.43. The topological polar surface area (TPSA) is 116 Å². The minimum Gasteiger partial charge on any atom is -0.502 e. The van der Waals surface area contributed by atoms with Crippen LogP contribution in [0.15, 0.2) is 25.7 Å². The third-order valence-electron chi connectivity index (χ3n) is 10.9. The molecule has 3 fully saturated rings. The number of esters is 3. The van der Waals surface area contributed by atoms with Gasteiger partial charge in [-0.2, -0.15) is 0 Å². The van der Waals surface area contributed by atoms with Gasteiger partial charge in [0, 0.05) is 19.6 Å². The van der Waals surface area contributed by atoms with Crippen molar-refractivity contribution in [2.75, 3.05) is 33.0 Å². The molecule has 0 radical (unpaired) electrons. The Labute approximate surface area is 314 Å². The molecule has 0 saturated heterocycles. The normalized spacial score (nSPS) is 26.1. The summed E-state index contributed by atoms with van der Waals surface area (Å²) in [7, 11) is 0. The number of rotatable bonds is 27. The van der Waals surface area contributed by atoms with Gasteiger partial charge in [-0.1, -0.05) is 45.8 Å². The highest BCUT2D eigenvalue weighted by molar-refractivity contribution is 5.76. The second-order valence-corrected chi connectivity index (χ2v) is 14.9. The molecular weight excluding hydrogens is 664 g/mol. The maximum Gasteiger partial charge on any atom is 0.312 e. The molecule has 0 bridgehead atoms. The lowest BCUT2D eigenvalue weighted by atomic mass is 9.83. The number of unbranched alkanes of at least 4 members (excludes halogenated alkanes) is 8. The fraction of sp³-hybridized carbons (Fsp3) is 0.833. The zero-order chi connectivity index (χ0) is 37.2. The first-order valence-corrected chi connectivity index (χ1v) is 20.7. The average Bonchev–Trinajstić information content (AvgIpc) is 3.16. The monoisotopic (exact) mass is 734 g/mol. The maximum absolute atomic E-state index is 13.4. The van der Waals surface area contributed by atoms with Crippen molar-refractivity contribution < 1.29 is 47.5 Å². The highest BCUT2D eigenvalue weighted by Gasteiger charge is 2.42. The van der Waals surface area contributed by atoms with Gasteiger partial charge in [-0.25, -0.2) is 0 Å². The molecule has 0 aromatic rings. The van der Waals surface area contributed by atoms with E-state index in [-0.39, 0.29) is 42.0 Å². The molecule has 0 heterocycles. The molecule has 298 valence electrons. The van der Waals surface area contributed by atoms with E-state index in [0.29, 0.717) is 32.5 Å². The van der Waals surface area contributed by atoms with Crippen LogP contribution >= 0.6 is 0 Å². The predicted molar refractivity (Wildman–Crippen MR) is 200 cm³/mol. The van der Waals surface area contributed by atoms with Gasteiger partial charge in [-0.05, 0) is 109 Å². The van der Waals surface area contributed by atoms with Crippen LogP contribution in [0.3, 0.4) is 0 Å². The molecule has 0 amide bonds. The lowest BCUT2D eigenvalue weighted by Gasteiger charge is -2.36. The summed E-state index contributed by atoms with van der Waals surface area (Å²) in [5.74, 6) is -1.76. The smallest absolute Gasteiger partial charge is 0.312 e. The van der Waals surface area contributed by atoms with E-state index in [2.05, 4.69) is 20.1 Å². The maximum atomic E-state index is 13.4. The summed E-state index contributed by atoms with van der Waals surface area (Å²) in [6, 6.07) is 0. The van der Waals surface area contributed by atoms with Crippen LogP contribution in [0.5, 0.6) is 0 Å². The molecule has 3 aliphatic rings. The molecule has 3 aliphatic carbocycles. The second-order valence-electron chi connectivity index (χ2n) is 14.9. The van der Waals surface area contributed by atoms with Gasteiger partial charge in [0.15, 0.2) is 0 Å². The largest absolute Gasteiger partial charge is 0.502 e. The first-order valence-electron chi connectivity index (χ1n) is 20.7. The summed E-state index contributed by atoms with van der Waals surface area (Å²) in [5.41, 5.74) is 0. The summed E-state index contributed by atoms with van der Waals surface area (Å²) < 4.78 is 40.3. The summed E-state index contributed by atoms with van der Waals surface area (Å²) >= 11 is 0. The summed E-state index contributed by atoms with van der Waals surface area (Å²) in [6.07, 6.45) is 21.4. The van der Waals surface area contributed by atoms with E-state index in [0.717, 1.165) is 142 Å². The minimum atomic E-state index is -0.640. The fourth-order valence-electron chi connectivity index (χ4n) is 7.62. The van der Waals surface area contributed by atoms with Crippen LogP contribution in [0.2, 0.25) is 0 Å². The Morgan fingerprint density at radius 1 is 0.519 bits per heavy atom. The van der Waals surface area contributed by atoms with E-state index in [1.54, 1.807) is 0 Å². The van der Waals surface area contributed by atoms with Crippen LogP contribution in [0.25, 0.3) is 0 Å². The predicted octanol–water partition coefficient (Wildman–Crippen LogP) is 8.94. The zero-order valence-electron chi connectivity index (χ0n) is 32.3. The molecule has 3 rings (SSSR count). The molecule has 0 aromatic carbocycles. The van der Waals surface area contributed by atoms with E-state index in [9.17, 15) is 14.4 Å². The van der Waals surface area contributed by atoms with Crippen molar-refractivity contribution >= 4 is 17.9 Å². The number of hydrogen-bond donors (Lipinski definition) is 0. The molecule has 0 aromatic heterocycles. The highest BCUT2D eigenvalue weighted by Crippen LogP contribution is 2.35. The molecule has 10 nitrogen and oxygen atoms in total. The van der Waals surface area contributed by atoms with Crippen molar-refractivity contribution in [3.8, 4) is 0 Å². The van der Waals surface area contributed by atoms with Gasteiger partial charge in [0.25, 0.3) is 0 Å². The zero-order valence-corrected chi connectivity index (χ0v) is 32.3. The number of ether oxygens (including phenoxy) is 7. The summed E-state index contributed by atoms with van der Waals surface area (Å²) in [4.78, 5) is 39.9. The highest BCUT2D eigenvalue weighted by atomic mass is 16.6. The SMILES string of the molecule is C=COCCCCCCOC1CCC(C(=O)OC2CCC(OC(=O)C3CCC(OCCCCCCOC=C)CC3)C(C(=O)OCCCCC)C2)CC1. The first-order chi connectivity index (χ1) is 25.4. The standard InChI is InChI=1S/C42H70O10/c1-4-7-12-31-50-42(45)38-32-37(51-40(43)33-17-21-35(22-18-33)48-29-15-10-8-13-27-46-5-2)25-26-39(38)52-41(44)34-19-23-36(24-20-34)49-30-16-11-9-14-28-47-6-3/h5-6,33-39H,2-4,7-32H2,1H3. The van der Waals surface area contributed by atoms with Crippen LogP contribution in [-0.2, 0) is 47.5 Å². The molecule has 0 spiro atoms. The van der Waals surface area contributed by atoms with E-state index < -0.39 is 18.1 Å². The number of carbonyl (C=O) groups is 3. The van der Waals surface area contributed by atoms with Crippen LogP contribution < -0.4 is 0 Å². The Hall–Kier alpha value is -2.59. The van der Waals surface area contributed by atoms with Gasteiger partial charge in [0.1, 0.15) is 12.2 Å². The summed E-state index contributed by atoms with van der Waals surface area (Å²) in [5, 5.41) is 0. The van der Waals surface area contributed by atoms with Crippen LogP contribution in [0.4, 0.5) is 0 Å². The fourth-order valence-corrected chi connectivity index (χ4v) is 7.62. The molecule has 3 unspecified atom stereocenters. The van der Waals surface area contributed by atoms with Crippen molar-refractivity contribution in [2.45, 2.75) is 173 Å². The van der Waals surface area contributed by atoms with E-state index in [4.69, 9.17) is 33.2 Å². The third kappa shape index (κ3) is 17.5. The third-order valence-corrected chi connectivity index (χ3v) is 10.9. The van der Waals surface area contributed by atoms with Gasteiger partial charge in [0.2, 0.25) is 0 Å². The Bertz CT molecular complexity index is 1000. The van der Waals surface area contributed by atoms with Crippen molar-refractivity contribution in [2.24, 2.45) is 17.8 Å². The minimum absolute atomic E-state index is 0.152. The molecule has 3 saturated carbocycles. The second kappa shape index (κ2) is 27.1. The summed E-state index contributed by atoms with van der Waals surface area (Å²) in [6.45, 7) is 12.5. The van der Waals surface area contributed by atoms with Crippen LogP contribution in [0, 0.1) is 17.8 Å². The van der Waals surface area contributed by atoms with Gasteiger partial charge >= 0.3 is 17.9 Å². The Kier molecular flexibility index (Phi) is 22.8. The average molecular weight is 735 g/mol. The van der Waals surface area contributed by atoms with Gasteiger partial charge in [-0.3, -0.25) is 14.4 Å². The molecule has 3 atom stereocenters. The molecule has 10 heteroatoms. The number of hydrogen-bond acceptors (Lipinski definition) is 10. The molecule has 0 aliphatic heterocycles. The van der Waals surface area contributed by atoms with Crippen molar-refractivity contribution in [3.63, 3.8) is 0 Å². The molecular formula is C42H70O10. The number of carbonyl (C=O) groups excluding carboxylic acids is 3. The molecule has 0 N–H and O–H groups in total. The van der Waals surface area contributed by atoms with Gasteiger partial charge in [-0.15, -0.1) is 0 Å². The Morgan fingerprint density at radius 2 is 0.981 bits per heavy atom. The van der Waals surface area contributed by atoms with Gasteiger partial charge in [0.05, 0.1) is 62.3 Å². The van der Waals surface area contributed by atoms with Crippen molar-refractivity contribution in [1.82, 2.24) is 0 Å². The first kappa shape index (κ1) is 43.8. The Morgan fingerprint density at radius 3 is 1.48 bits per heavy atom. The van der Waals surface area contributed by atoms with Crippen molar-refractivity contribution in [1.29, 1.82) is 0 Å². The quantitative estimate of drug-likeness (QED) is 0.0351. The van der Waals surface area contributed by atoms with E-state index in [1.165, 1.54) is 12.5 Å². The van der Waals surface area contributed by atoms with Crippen LogP contribution in [-0.4, -0.2) is 75.4 Å². The lowest BCUT2D eigenvalue weighted by molar-refractivity contribution is -0.177.